The number of nitrogens with zero attached hydrogens (tertiary/aromatic N) is 2. The van der Waals surface area contributed by atoms with E-state index >= 15 is 0 Å². The van der Waals surface area contributed by atoms with E-state index in [0.717, 1.165) is 16.5 Å². The van der Waals surface area contributed by atoms with E-state index in [2.05, 4.69) is 4.98 Å². The van der Waals surface area contributed by atoms with Gasteiger partial charge in [-0.15, -0.1) is 0 Å². The number of benzene rings is 2. The van der Waals surface area contributed by atoms with Crippen molar-refractivity contribution in [2.75, 3.05) is 5.75 Å². The van der Waals surface area contributed by atoms with Crippen LogP contribution >= 0.6 is 11.8 Å². The Labute approximate surface area is 133 Å². The molecular weight excluding hydrogens is 312 g/mol. The second kappa shape index (κ2) is 4.45. The Balaban J connectivity index is 2.09. The van der Waals surface area contributed by atoms with Gasteiger partial charge in [0.1, 0.15) is 5.58 Å². The Kier molecular flexibility index (Phi) is 2.50. The summed E-state index contributed by atoms with van der Waals surface area (Å²) in [5.74, 6) is 0.787. The number of rotatable bonds is 0. The second-order valence-electron chi connectivity index (χ2n) is 5.47. The van der Waals surface area contributed by atoms with Crippen molar-refractivity contribution >= 4 is 44.6 Å². The summed E-state index contributed by atoms with van der Waals surface area (Å²) in [6.07, 6.45) is 0. The van der Waals surface area contributed by atoms with E-state index in [1.807, 2.05) is 30.3 Å². The van der Waals surface area contributed by atoms with E-state index in [-0.39, 0.29) is 22.1 Å². The molecule has 0 saturated carbocycles. The normalized spacial score (nSPS) is 13.9. The van der Waals surface area contributed by atoms with Crippen LogP contribution < -0.4 is 11.0 Å². The molecule has 2 aromatic carbocycles. The highest BCUT2D eigenvalue weighted by Crippen LogP contribution is 2.27. The van der Waals surface area contributed by atoms with Crippen LogP contribution in [0.3, 0.4) is 0 Å². The van der Waals surface area contributed by atoms with Crippen LogP contribution in [-0.4, -0.2) is 15.3 Å². The molecule has 3 heterocycles. The molecule has 0 atom stereocenters. The van der Waals surface area contributed by atoms with Gasteiger partial charge in [-0.3, -0.25) is 14.2 Å². The van der Waals surface area contributed by atoms with Gasteiger partial charge in [-0.05, 0) is 16.8 Å². The first kappa shape index (κ1) is 12.9. The largest absolute Gasteiger partial charge is 0.437 e. The molecule has 0 aliphatic carbocycles. The van der Waals surface area contributed by atoms with Crippen molar-refractivity contribution in [1.82, 2.24) is 9.55 Å². The molecule has 5 nitrogen and oxygen atoms in total. The molecule has 0 amide bonds. The summed E-state index contributed by atoms with van der Waals surface area (Å²) >= 11 is 1.50. The van der Waals surface area contributed by atoms with Crippen molar-refractivity contribution in [2.45, 2.75) is 11.7 Å². The summed E-state index contributed by atoms with van der Waals surface area (Å²) in [7, 11) is 0. The summed E-state index contributed by atoms with van der Waals surface area (Å²) in [6, 6.07) is 11.3. The maximum atomic E-state index is 13.0. The maximum Gasteiger partial charge on any atom is 0.269 e. The van der Waals surface area contributed by atoms with Gasteiger partial charge in [0.05, 0.1) is 5.39 Å². The minimum Gasteiger partial charge on any atom is -0.437 e. The zero-order valence-electron chi connectivity index (χ0n) is 11.9. The molecule has 0 N–H and O–H groups in total. The van der Waals surface area contributed by atoms with Gasteiger partial charge in [-0.1, -0.05) is 42.1 Å². The fourth-order valence-electron chi connectivity index (χ4n) is 3.12. The fourth-order valence-corrected chi connectivity index (χ4v) is 4.05. The monoisotopic (exact) mass is 322 g/mol. The minimum absolute atomic E-state index is 0.0418. The van der Waals surface area contributed by atoms with Crippen LogP contribution in [0, 0.1) is 0 Å². The quantitative estimate of drug-likeness (QED) is 0.283. The van der Waals surface area contributed by atoms with Crippen molar-refractivity contribution in [1.29, 1.82) is 0 Å². The van der Waals surface area contributed by atoms with E-state index in [9.17, 15) is 9.59 Å². The molecule has 0 fully saturated rings. The highest BCUT2D eigenvalue weighted by molar-refractivity contribution is 7.99. The van der Waals surface area contributed by atoms with Crippen LogP contribution in [0.25, 0.3) is 32.8 Å². The second-order valence-corrected chi connectivity index (χ2v) is 6.53. The first-order valence-electron chi connectivity index (χ1n) is 7.26. The third-order valence-corrected chi connectivity index (χ3v) is 5.16. The van der Waals surface area contributed by atoms with Crippen LogP contribution in [-0.2, 0) is 6.54 Å². The van der Waals surface area contributed by atoms with Crippen molar-refractivity contribution < 1.29 is 4.42 Å². The molecule has 112 valence electrons. The predicted molar refractivity (Wildman–Crippen MR) is 90.3 cm³/mol. The SMILES string of the molecule is O=c1c2c(=O)n3c(nc2oc2ccc4ccccc4c12)SCC3. The first-order chi connectivity index (χ1) is 11.2. The van der Waals surface area contributed by atoms with Crippen LogP contribution in [0.1, 0.15) is 0 Å². The van der Waals surface area contributed by atoms with Gasteiger partial charge in [0.2, 0.25) is 11.1 Å². The summed E-state index contributed by atoms with van der Waals surface area (Å²) < 4.78 is 7.36. The Morgan fingerprint density at radius 1 is 1.09 bits per heavy atom. The highest BCUT2D eigenvalue weighted by atomic mass is 32.2. The Morgan fingerprint density at radius 3 is 2.87 bits per heavy atom. The molecule has 0 saturated heterocycles. The molecule has 2 aromatic heterocycles. The number of hydrogen-bond donors (Lipinski definition) is 0. The average molecular weight is 322 g/mol. The zero-order valence-corrected chi connectivity index (χ0v) is 12.7. The van der Waals surface area contributed by atoms with Gasteiger partial charge < -0.3 is 4.42 Å². The molecular formula is C17H10N2O3S. The predicted octanol–water partition coefficient (Wildman–Crippen LogP) is 2.76. The average Bonchev–Trinajstić information content (AvgIpc) is 3.03. The maximum absolute atomic E-state index is 13.0. The fraction of sp³-hybridized carbons (Fsp3) is 0.118. The molecule has 0 bridgehead atoms. The molecule has 5 rings (SSSR count). The molecule has 4 aromatic rings. The lowest BCUT2D eigenvalue weighted by atomic mass is 10.0. The van der Waals surface area contributed by atoms with Crippen LogP contribution in [0.5, 0.6) is 0 Å². The summed E-state index contributed by atoms with van der Waals surface area (Å²) in [5.41, 5.74) is -0.0224. The Morgan fingerprint density at radius 2 is 1.96 bits per heavy atom. The van der Waals surface area contributed by atoms with Crippen LogP contribution in [0.2, 0.25) is 0 Å². The van der Waals surface area contributed by atoms with E-state index in [4.69, 9.17) is 4.42 Å². The molecule has 0 radical (unpaired) electrons. The smallest absolute Gasteiger partial charge is 0.269 e. The molecule has 0 spiro atoms. The van der Waals surface area contributed by atoms with Gasteiger partial charge in [0.25, 0.3) is 5.56 Å². The zero-order chi connectivity index (χ0) is 15.6. The van der Waals surface area contributed by atoms with Crippen molar-refractivity contribution in [3.63, 3.8) is 0 Å². The third kappa shape index (κ3) is 1.66. The number of fused-ring (bicyclic) bond motifs is 5. The molecule has 1 aliphatic heterocycles. The topological polar surface area (TPSA) is 65.1 Å². The van der Waals surface area contributed by atoms with Gasteiger partial charge in [0, 0.05) is 12.3 Å². The lowest BCUT2D eigenvalue weighted by Crippen LogP contribution is -2.25. The van der Waals surface area contributed by atoms with Crippen LogP contribution in [0.4, 0.5) is 0 Å². The number of thioether (sulfide) groups is 1. The molecule has 0 unspecified atom stereocenters. The molecule has 6 heteroatoms. The van der Waals surface area contributed by atoms with Gasteiger partial charge >= 0.3 is 0 Å². The van der Waals surface area contributed by atoms with E-state index in [1.54, 1.807) is 10.6 Å². The summed E-state index contributed by atoms with van der Waals surface area (Å²) in [4.78, 5) is 30.0. The van der Waals surface area contributed by atoms with Crippen molar-refractivity contribution in [2.24, 2.45) is 0 Å². The van der Waals surface area contributed by atoms with Crippen LogP contribution in [0.15, 0.2) is 55.6 Å². The Hall–Kier alpha value is -2.60. The Bertz CT molecular complexity index is 1240. The van der Waals surface area contributed by atoms with E-state index in [0.29, 0.717) is 22.7 Å². The standard InChI is InChI=1S/C17H10N2O3S/c20-14-12-10-4-2-1-3-9(10)5-6-11(12)22-15-13(14)16(21)19-7-8-23-17(19)18-15/h1-6H,7-8H2. The molecule has 1 aliphatic rings. The number of hydrogen-bond acceptors (Lipinski definition) is 5. The number of aromatic nitrogens is 2. The summed E-state index contributed by atoms with van der Waals surface area (Å²) in [5, 5.41) is 2.84. The first-order valence-corrected chi connectivity index (χ1v) is 8.24. The van der Waals surface area contributed by atoms with Crippen molar-refractivity contribution in [3.05, 3.63) is 57.0 Å². The molecule has 23 heavy (non-hydrogen) atoms. The van der Waals surface area contributed by atoms with E-state index < -0.39 is 0 Å². The highest BCUT2D eigenvalue weighted by Gasteiger charge is 2.21. The van der Waals surface area contributed by atoms with Gasteiger partial charge in [-0.25, -0.2) is 0 Å². The lowest BCUT2D eigenvalue weighted by molar-refractivity contribution is 0.606. The van der Waals surface area contributed by atoms with Gasteiger partial charge in [-0.2, -0.15) is 4.98 Å². The summed E-state index contributed by atoms with van der Waals surface area (Å²) in [6.45, 7) is 0.578. The third-order valence-electron chi connectivity index (χ3n) is 4.20. The lowest BCUT2D eigenvalue weighted by Gasteiger charge is -2.06. The van der Waals surface area contributed by atoms with Crippen molar-refractivity contribution in [3.8, 4) is 0 Å². The van der Waals surface area contributed by atoms with Gasteiger partial charge in [0.15, 0.2) is 10.5 Å². The minimum atomic E-state index is -0.307. The van der Waals surface area contributed by atoms with E-state index in [1.165, 1.54) is 11.8 Å².